The van der Waals surface area contributed by atoms with E-state index in [0.29, 0.717) is 0 Å². The Bertz CT molecular complexity index is 830. The minimum Gasteiger partial charge on any atom is -0.346 e. The maximum absolute atomic E-state index is 13.0. The maximum Gasteiger partial charge on any atom is 0.277 e. The molecule has 0 aliphatic rings. The standard InChI is InChI=1S/C15H17F2N3O3S/c1-11-2-4-13(5-3-11)24(22,23)20-7-6-12(8-20)14(21)19-10-15(16,17)9-18/h2-8H,9-10,18H2,1H3,(H,19,21). The number of aryl methyl sites for hydroxylation is 1. The van der Waals surface area contributed by atoms with Crippen molar-refractivity contribution in [3.63, 3.8) is 0 Å². The van der Waals surface area contributed by atoms with Crippen molar-refractivity contribution in [2.24, 2.45) is 5.73 Å². The van der Waals surface area contributed by atoms with Crippen LogP contribution >= 0.6 is 0 Å². The fraction of sp³-hybridized carbons (Fsp3) is 0.267. The molecule has 0 saturated heterocycles. The van der Waals surface area contributed by atoms with Crippen molar-refractivity contribution in [2.45, 2.75) is 17.7 Å². The molecule has 24 heavy (non-hydrogen) atoms. The zero-order valence-electron chi connectivity index (χ0n) is 12.9. The third-order valence-corrected chi connectivity index (χ3v) is 4.98. The number of carbonyl (C=O) groups excluding carboxylic acids is 1. The molecule has 1 aromatic carbocycles. The van der Waals surface area contributed by atoms with Crippen molar-refractivity contribution in [1.29, 1.82) is 0 Å². The molecule has 0 saturated carbocycles. The third kappa shape index (κ3) is 3.98. The predicted molar refractivity (Wildman–Crippen MR) is 84.5 cm³/mol. The first-order chi connectivity index (χ1) is 11.2. The molecular weight excluding hydrogens is 340 g/mol. The van der Waals surface area contributed by atoms with Gasteiger partial charge in [-0.1, -0.05) is 17.7 Å². The van der Waals surface area contributed by atoms with Gasteiger partial charge in [-0.05, 0) is 25.1 Å². The lowest BCUT2D eigenvalue weighted by Crippen LogP contribution is -2.41. The Balaban J connectivity index is 2.18. The molecule has 1 heterocycles. The predicted octanol–water partition coefficient (Wildman–Crippen LogP) is 1.36. The average Bonchev–Trinajstić information content (AvgIpc) is 3.04. The van der Waals surface area contributed by atoms with Gasteiger partial charge in [-0.2, -0.15) is 0 Å². The Morgan fingerprint density at radius 3 is 2.46 bits per heavy atom. The summed E-state index contributed by atoms with van der Waals surface area (Å²) in [4.78, 5) is 11.9. The molecule has 0 unspecified atom stereocenters. The summed E-state index contributed by atoms with van der Waals surface area (Å²) >= 11 is 0. The Labute approximate surface area is 138 Å². The van der Waals surface area contributed by atoms with Crippen LogP contribution in [0.4, 0.5) is 8.78 Å². The first-order valence-corrected chi connectivity index (χ1v) is 8.46. The fourth-order valence-corrected chi connectivity index (χ4v) is 3.07. The lowest BCUT2D eigenvalue weighted by Gasteiger charge is -2.13. The molecule has 0 aliphatic carbocycles. The number of hydrogen-bond donors (Lipinski definition) is 2. The number of nitrogens with zero attached hydrogens (tertiary/aromatic N) is 1. The Hall–Kier alpha value is -2.26. The van der Waals surface area contributed by atoms with Crippen LogP contribution in [0.5, 0.6) is 0 Å². The molecule has 0 aliphatic heterocycles. The molecule has 0 atom stereocenters. The topological polar surface area (TPSA) is 94.2 Å². The van der Waals surface area contributed by atoms with Gasteiger partial charge in [0.05, 0.1) is 23.5 Å². The van der Waals surface area contributed by atoms with E-state index >= 15 is 0 Å². The van der Waals surface area contributed by atoms with Gasteiger partial charge in [0, 0.05) is 12.4 Å². The zero-order valence-corrected chi connectivity index (χ0v) is 13.7. The van der Waals surface area contributed by atoms with Crippen LogP contribution in [0.15, 0.2) is 47.6 Å². The number of hydrogen-bond acceptors (Lipinski definition) is 4. The molecule has 6 nitrogen and oxygen atoms in total. The van der Waals surface area contributed by atoms with Gasteiger partial charge in [-0.15, -0.1) is 0 Å². The number of alkyl halides is 2. The van der Waals surface area contributed by atoms with Gasteiger partial charge in [0.15, 0.2) is 0 Å². The highest BCUT2D eigenvalue weighted by molar-refractivity contribution is 7.90. The third-order valence-electron chi connectivity index (χ3n) is 3.33. The van der Waals surface area contributed by atoms with Crippen molar-refractivity contribution in [1.82, 2.24) is 9.29 Å². The molecule has 0 spiro atoms. The van der Waals surface area contributed by atoms with Crippen molar-refractivity contribution in [3.8, 4) is 0 Å². The molecule has 0 bridgehead atoms. The van der Waals surface area contributed by atoms with Gasteiger partial charge in [-0.25, -0.2) is 21.2 Å². The van der Waals surface area contributed by atoms with Crippen molar-refractivity contribution in [2.75, 3.05) is 13.1 Å². The van der Waals surface area contributed by atoms with Crippen LogP contribution in [0.25, 0.3) is 0 Å². The first-order valence-electron chi connectivity index (χ1n) is 7.02. The quantitative estimate of drug-likeness (QED) is 0.816. The largest absolute Gasteiger partial charge is 0.346 e. The number of nitrogens with one attached hydrogen (secondary N) is 1. The Morgan fingerprint density at radius 2 is 1.88 bits per heavy atom. The van der Waals surface area contributed by atoms with E-state index < -0.39 is 34.9 Å². The number of aromatic nitrogens is 1. The Kier molecular flexibility index (Phi) is 5.05. The second-order valence-electron chi connectivity index (χ2n) is 5.29. The molecule has 1 aromatic heterocycles. The maximum atomic E-state index is 13.0. The summed E-state index contributed by atoms with van der Waals surface area (Å²) in [6, 6.07) is 7.44. The number of rotatable bonds is 6. The molecule has 3 N–H and O–H groups in total. The lowest BCUT2D eigenvalue weighted by molar-refractivity contribution is 0.0118. The lowest BCUT2D eigenvalue weighted by atomic mass is 10.2. The smallest absolute Gasteiger partial charge is 0.277 e. The van der Waals surface area contributed by atoms with E-state index in [1.54, 1.807) is 12.1 Å². The molecule has 9 heteroatoms. The highest BCUT2D eigenvalue weighted by Crippen LogP contribution is 2.16. The van der Waals surface area contributed by atoms with Crippen LogP contribution < -0.4 is 11.1 Å². The number of halogens is 2. The highest BCUT2D eigenvalue weighted by Gasteiger charge is 2.27. The fourth-order valence-electron chi connectivity index (χ4n) is 1.88. The molecule has 1 amide bonds. The number of carbonyl (C=O) groups is 1. The van der Waals surface area contributed by atoms with E-state index in [0.717, 1.165) is 15.7 Å². The van der Waals surface area contributed by atoms with E-state index in [2.05, 4.69) is 0 Å². The highest BCUT2D eigenvalue weighted by atomic mass is 32.2. The summed E-state index contributed by atoms with van der Waals surface area (Å²) < 4.78 is 51.8. The van der Waals surface area contributed by atoms with Gasteiger partial charge in [0.1, 0.15) is 0 Å². The minimum absolute atomic E-state index is 0.0430. The van der Waals surface area contributed by atoms with Crippen molar-refractivity contribution < 1.29 is 22.0 Å². The van der Waals surface area contributed by atoms with Gasteiger partial charge in [0.2, 0.25) is 0 Å². The number of nitrogens with two attached hydrogens (primary N) is 1. The summed E-state index contributed by atoms with van der Waals surface area (Å²) in [7, 11) is -3.85. The first kappa shape index (κ1) is 18.1. The monoisotopic (exact) mass is 357 g/mol. The molecule has 0 fully saturated rings. The second-order valence-corrected chi connectivity index (χ2v) is 7.13. The summed E-state index contributed by atoms with van der Waals surface area (Å²) in [5.41, 5.74) is 5.74. The summed E-state index contributed by atoms with van der Waals surface area (Å²) in [6.45, 7) is 0.0138. The van der Waals surface area contributed by atoms with Gasteiger partial charge in [-0.3, -0.25) is 4.79 Å². The molecule has 0 radical (unpaired) electrons. The summed E-state index contributed by atoms with van der Waals surface area (Å²) in [5.74, 6) is -4.02. The minimum atomic E-state index is -3.85. The van der Waals surface area contributed by atoms with E-state index in [9.17, 15) is 22.0 Å². The molecular formula is C15H17F2N3O3S. The van der Waals surface area contributed by atoms with Gasteiger partial charge >= 0.3 is 0 Å². The van der Waals surface area contributed by atoms with E-state index in [4.69, 9.17) is 5.73 Å². The number of amides is 1. The van der Waals surface area contributed by atoms with E-state index in [1.165, 1.54) is 24.4 Å². The average molecular weight is 357 g/mol. The van der Waals surface area contributed by atoms with Crippen LogP contribution in [0.1, 0.15) is 15.9 Å². The van der Waals surface area contributed by atoms with Gasteiger partial charge in [0.25, 0.3) is 21.9 Å². The van der Waals surface area contributed by atoms with Crippen molar-refractivity contribution >= 4 is 15.9 Å². The van der Waals surface area contributed by atoms with Crippen LogP contribution in [0.3, 0.4) is 0 Å². The molecule has 2 rings (SSSR count). The van der Waals surface area contributed by atoms with E-state index in [-0.39, 0.29) is 10.5 Å². The van der Waals surface area contributed by atoms with Gasteiger partial charge < -0.3 is 11.1 Å². The summed E-state index contributed by atoms with van der Waals surface area (Å²) in [5, 5.41) is 2.03. The second kappa shape index (κ2) is 6.70. The zero-order chi connectivity index (χ0) is 18.0. The number of benzene rings is 1. The van der Waals surface area contributed by atoms with Crippen LogP contribution in [-0.2, 0) is 10.0 Å². The Morgan fingerprint density at radius 1 is 1.25 bits per heavy atom. The van der Waals surface area contributed by atoms with E-state index in [1.807, 2.05) is 12.2 Å². The SMILES string of the molecule is Cc1ccc(S(=O)(=O)n2ccc(C(=O)NCC(F)(F)CN)c2)cc1. The van der Waals surface area contributed by atoms with Crippen LogP contribution in [0, 0.1) is 6.92 Å². The summed E-state index contributed by atoms with van der Waals surface area (Å²) in [6.07, 6.45) is 2.26. The van der Waals surface area contributed by atoms with Crippen LogP contribution in [-0.4, -0.2) is 37.3 Å². The van der Waals surface area contributed by atoms with Crippen molar-refractivity contribution in [3.05, 3.63) is 53.9 Å². The normalized spacial score (nSPS) is 12.2. The molecule has 130 valence electrons. The molecule has 2 aromatic rings. The van der Waals surface area contributed by atoms with Crippen LogP contribution in [0.2, 0.25) is 0 Å².